The van der Waals surface area contributed by atoms with Gasteiger partial charge in [-0.3, -0.25) is 4.99 Å². The molecule has 2 nitrogen and oxygen atoms in total. The summed E-state index contributed by atoms with van der Waals surface area (Å²) in [5.41, 5.74) is 1.15. The average Bonchev–Trinajstić information content (AvgIpc) is 2.28. The van der Waals surface area contributed by atoms with E-state index in [2.05, 4.69) is 50.6 Å². The largest absolute Gasteiger partial charge is 0.415 e. The maximum Gasteiger partial charge on any atom is 0.183 e. The lowest BCUT2D eigenvalue weighted by Gasteiger charge is -2.23. The van der Waals surface area contributed by atoms with Gasteiger partial charge in [0.1, 0.15) is 0 Å². The molecule has 0 aliphatic heterocycles. The van der Waals surface area contributed by atoms with Crippen LogP contribution in [0.1, 0.15) is 19.4 Å². The third kappa shape index (κ3) is 6.12. The zero-order valence-electron chi connectivity index (χ0n) is 12.2. The molecule has 0 aromatic heterocycles. The molecular formula is C15H25NOSi. The van der Waals surface area contributed by atoms with E-state index in [0.29, 0.717) is 5.92 Å². The molecule has 0 saturated carbocycles. The van der Waals surface area contributed by atoms with Crippen LogP contribution >= 0.6 is 0 Å². The second-order valence-electron chi connectivity index (χ2n) is 5.92. The highest BCUT2D eigenvalue weighted by atomic mass is 28.4. The molecule has 1 rings (SSSR count). The Labute approximate surface area is 112 Å². The van der Waals surface area contributed by atoms with E-state index >= 15 is 0 Å². The minimum Gasteiger partial charge on any atom is -0.415 e. The third-order valence-electron chi connectivity index (χ3n) is 2.67. The van der Waals surface area contributed by atoms with E-state index in [1.807, 2.05) is 24.4 Å². The number of benzene rings is 1. The van der Waals surface area contributed by atoms with E-state index < -0.39 is 8.32 Å². The lowest BCUT2D eigenvalue weighted by molar-refractivity contribution is 0.255. The number of nitrogens with zero attached hydrogens (tertiary/aromatic N) is 1. The van der Waals surface area contributed by atoms with Crippen molar-refractivity contribution >= 4 is 14.5 Å². The monoisotopic (exact) mass is 263 g/mol. The van der Waals surface area contributed by atoms with Crippen LogP contribution in [0, 0.1) is 5.92 Å². The molecule has 1 aromatic rings. The summed E-state index contributed by atoms with van der Waals surface area (Å²) >= 11 is 0. The zero-order chi connectivity index (χ0) is 13.6. The first-order chi connectivity index (χ1) is 8.38. The molecule has 0 aliphatic carbocycles. The highest BCUT2D eigenvalue weighted by Crippen LogP contribution is 2.11. The van der Waals surface area contributed by atoms with E-state index in [4.69, 9.17) is 4.43 Å². The van der Waals surface area contributed by atoms with Crippen molar-refractivity contribution in [3.63, 3.8) is 0 Å². The second-order valence-corrected chi connectivity index (χ2v) is 10.4. The maximum absolute atomic E-state index is 5.97. The predicted molar refractivity (Wildman–Crippen MR) is 82.0 cm³/mol. The van der Waals surface area contributed by atoms with Crippen molar-refractivity contribution < 1.29 is 4.43 Å². The summed E-state index contributed by atoms with van der Waals surface area (Å²) in [5.74, 6) is 0.501. The van der Waals surface area contributed by atoms with Crippen molar-refractivity contribution in [1.82, 2.24) is 0 Å². The van der Waals surface area contributed by atoms with E-state index in [1.165, 1.54) is 0 Å². The van der Waals surface area contributed by atoms with Gasteiger partial charge in [0.25, 0.3) is 0 Å². The molecule has 0 bridgehead atoms. The van der Waals surface area contributed by atoms with Gasteiger partial charge in [-0.1, -0.05) is 44.2 Å². The van der Waals surface area contributed by atoms with Crippen molar-refractivity contribution in [3.05, 3.63) is 35.9 Å². The van der Waals surface area contributed by atoms with Crippen LogP contribution < -0.4 is 0 Å². The van der Waals surface area contributed by atoms with Gasteiger partial charge in [0.15, 0.2) is 8.32 Å². The number of rotatable bonds is 6. The molecular weight excluding hydrogens is 238 g/mol. The topological polar surface area (TPSA) is 21.6 Å². The van der Waals surface area contributed by atoms with Gasteiger partial charge >= 0.3 is 0 Å². The van der Waals surface area contributed by atoms with E-state index in [0.717, 1.165) is 12.2 Å². The van der Waals surface area contributed by atoms with E-state index in [-0.39, 0.29) is 6.04 Å². The predicted octanol–water partition coefficient (Wildman–Crippen LogP) is 3.98. The van der Waals surface area contributed by atoms with Gasteiger partial charge in [-0.2, -0.15) is 0 Å². The molecule has 1 unspecified atom stereocenters. The molecule has 1 aromatic carbocycles. The molecule has 1 atom stereocenters. The SMILES string of the molecule is CC(C)C(CO[Si](C)(C)C)/N=C/c1ccccc1. The summed E-state index contributed by atoms with van der Waals surface area (Å²) in [5, 5.41) is 0. The van der Waals surface area contributed by atoms with Crippen LogP contribution in [0.4, 0.5) is 0 Å². The normalized spacial score (nSPS) is 14.3. The lowest BCUT2D eigenvalue weighted by Crippen LogP contribution is -2.31. The summed E-state index contributed by atoms with van der Waals surface area (Å²) in [6.07, 6.45) is 1.96. The van der Waals surface area contributed by atoms with Crippen LogP contribution in [0.2, 0.25) is 19.6 Å². The molecule has 0 saturated heterocycles. The molecule has 0 heterocycles. The van der Waals surface area contributed by atoms with Gasteiger partial charge in [-0.05, 0) is 31.1 Å². The van der Waals surface area contributed by atoms with Crippen molar-refractivity contribution in [1.29, 1.82) is 0 Å². The fourth-order valence-electron chi connectivity index (χ4n) is 1.46. The Morgan fingerprint density at radius 3 is 2.28 bits per heavy atom. The summed E-state index contributed by atoms with van der Waals surface area (Å²) in [6.45, 7) is 11.8. The fraction of sp³-hybridized carbons (Fsp3) is 0.533. The van der Waals surface area contributed by atoms with Crippen LogP contribution in [0.25, 0.3) is 0 Å². The maximum atomic E-state index is 5.97. The molecule has 0 fully saturated rings. The number of hydrogen-bond donors (Lipinski definition) is 0. The summed E-state index contributed by atoms with van der Waals surface area (Å²) in [4.78, 5) is 4.67. The number of hydrogen-bond acceptors (Lipinski definition) is 2. The first kappa shape index (κ1) is 15.1. The highest BCUT2D eigenvalue weighted by Gasteiger charge is 2.18. The average molecular weight is 263 g/mol. The van der Waals surface area contributed by atoms with E-state index in [9.17, 15) is 0 Å². The third-order valence-corrected chi connectivity index (χ3v) is 3.70. The first-order valence-electron chi connectivity index (χ1n) is 6.60. The molecule has 0 radical (unpaired) electrons. The van der Waals surface area contributed by atoms with Crippen molar-refractivity contribution in [2.45, 2.75) is 39.5 Å². The van der Waals surface area contributed by atoms with Crippen LogP contribution in [0.5, 0.6) is 0 Å². The molecule has 100 valence electrons. The standard InChI is InChI=1S/C15H25NOSi/c1-13(2)15(12-17-18(3,4)5)16-11-14-9-7-6-8-10-14/h6-11,13,15H,12H2,1-5H3/b16-11+. The molecule has 0 N–H and O–H groups in total. The Hall–Kier alpha value is -0.933. The molecule has 18 heavy (non-hydrogen) atoms. The van der Waals surface area contributed by atoms with Gasteiger partial charge in [0.05, 0.1) is 12.6 Å². The zero-order valence-corrected chi connectivity index (χ0v) is 13.2. The second kappa shape index (κ2) is 6.85. The van der Waals surface area contributed by atoms with Crippen molar-refractivity contribution in [3.8, 4) is 0 Å². The van der Waals surface area contributed by atoms with Crippen LogP contribution in [-0.2, 0) is 4.43 Å². The molecule has 0 aliphatic rings. The Bertz CT molecular complexity index is 368. The van der Waals surface area contributed by atoms with Crippen molar-refractivity contribution in [2.24, 2.45) is 10.9 Å². The summed E-state index contributed by atoms with van der Waals surface area (Å²) in [6, 6.07) is 10.5. The van der Waals surface area contributed by atoms with Crippen molar-refractivity contribution in [2.75, 3.05) is 6.61 Å². The Balaban J connectivity index is 2.61. The Morgan fingerprint density at radius 1 is 1.17 bits per heavy atom. The van der Waals surface area contributed by atoms with Gasteiger partial charge in [-0.15, -0.1) is 0 Å². The van der Waals surface area contributed by atoms with Gasteiger partial charge in [0.2, 0.25) is 0 Å². The Morgan fingerprint density at radius 2 is 1.78 bits per heavy atom. The van der Waals surface area contributed by atoms with Crippen LogP contribution in [0.3, 0.4) is 0 Å². The van der Waals surface area contributed by atoms with E-state index in [1.54, 1.807) is 0 Å². The minimum absolute atomic E-state index is 0.247. The van der Waals surface area contributed by atoms with Gasteiger partial charge < -0.3 is 4.43 Å². The summed E-state index contributed by atoms with van der Waals surface area (Å²) in [7, 11) is -1.45. The molecule has 3 heteroatoms. The fourth-order valence-corrected chi connectivity index (χ4v) is 2.13. The lowest BCUT2D eigenvalue weighted by atomic mass is 10.1. The quantitative estimate of drug-likeness (QED) is 0.562. The van der Waals surface area contributed by atoms with Crippen LogP contribution in [0.15, 0.2) is 35.3 Å². The first-order valence-corrected chi connectivity index (χ1v) is 10.0. The Kier molecular flexibility index (Phi) is 5.76. The highest BCUT2D eigenvalue weighted by molar-refractivity contribution is 6.69. The molecule has 0 amide bonds. The smallest absolute Gasteiger partial charge is 0.183 e. The van der Waals surface area contributed by atoms with Gasteiger partial charge in [0, 0.05) is 6.21 Å². The molecule has 0 spiro atoms. The summed E-state index contributed by atoms with van der Waals surface area (Å²) < 4.78 is 5.97. The number of aliphatic imine (C=N–C) groups is 1. The van der Waals surface area contributed by atoms with Gasteiger partial charge in [-0.25, -0.2) is 0 Å². The minimum atomic E-state index is -1.45. The van der Waals surface area contributed by atoms with Crippen LogP contribution in [-0.4, -0.2) is 27.2 Å².